The Balaban J connectivity index is 1.60. The minimum absolute atomic E-state index is 0.179. The zero-order chi connectivity index (χ0) is 18.5. The zero-order valence-corrected chi connectivity index (χ0v) is 16.9. The number of hydrogen-bond acceptors (Lipinski definition) is 5. The van der Waals surface area contributed by atoms with Gasteiger partial charge in [-0.2, -0.15) is 0 Å². The van der Waals surface area contributed by atoms with Crippen molar-refractivity contribution < 1.29 is 9.00 Å². The molecule has 0 spiro atoms. The van der Waals surface area contributed by atoms with Gasteiger partial charge in [-0.3, -0.25) is 19.2 Å². The van der Waals surface area contributed by atoms with E-state index in [4.69, 9.17) is 0 Å². The molecule has 2 heterocycles. The van der Waals surface area contributed by atoms with Crippen molar-refractivity contribution in [2.75, 3.05) is 24.7 Å². The van der Waals surface area contributed by atoms with Gasteiger partial charge in [0.15, 0.2) is 5.13 Å². The Labute approximate surface area is 161 Å². The molecule has 2 atom stereocenters. The third-order valence-corrected chi connectivity index (χ3v) is 6.00. The van der Waals surface area contributed by atoms with Gasteiger partial charge in [0.1, 0.15) is 0 Å². The zero-order valence-electron chi connectivity index (χ0n) is 15.2. The van der Waals surface area contributed by atoms with E-state index in [1.54, 1.807) is 18.4 Å². The van der Waals surface area contributed by atoms with Crippen LogP contribution in [-0.4, -0.2) is 39.3 Å². The molecule has 2 aromatic rings. The highest BCUT2D eigenvalue weighted by Crippen LogP contribution is 2.21. The molecule has 1 aliphatic heterocycles. The summed E-state index contributed by atoms with van der Waals surface area (Å²) < 4.78 is 11.4. The first-order valence-corrected chi connectivity index (χ1v) is 11.5. The normalized spacial score (nSPS) is 19.2. The highest BCUT2D eigenvalue weighted by Gasteiger charge is 2.17. The van der Waals surface area contributed by atoms with Crippen LogP contribution in [0.2, 0.25) is 0 Å². The number of aromatic nitrogens is 1. The molecular formula is C19H25N3O2S2. The molecule has 1 N–H and O–H groups in total. The van der Waals surface area contributed by atoms with E-state index >= 15 is 0 Å². The van der Waals surface area contributed by atoms with Crippen molar-refractivity contribution in [3.05, 3.63) is 46.5 Å². The Morgan fingerprint density at radius 2 is 2.31 bits per heavy atom. The summed E-state index contributed by atoms with van der Waals surface area (Å²) in [5.74, 6) is 1.02. The van der Waals surface area contributed by atoms with Crippen molar-refractivity contribution in [3.8, 4) is 0 Å². The average molecular weight is 392 g/mol. The molecule has 0 bridgehead atoms. The average Bonchev–Trinajstić information content (AvgIpc) is 3.01. The molecule has 7 heteroatoms. The standard InChI is InChI=1S/C19H25N3O2S2/c1-14-5-4-8-22(10-14)11-17-12-25-19(20-17)21-18(23)16-7-3-6-15(9-16)13-26(2)24/h3,6-7,9,12,14H,4-5,8,10-11,13H2,1-2H3,(H,20,21,23). The maximum Gasteiger partial charge on any atom is 0.257 e. The van der Waals surface area contributed by atoms with E-state index in [2.05, 4.69) is 22.1 Å². The fraction of sp³-hybridized carbons (Fsp3) is 0.474. The van der Waals surface area contributed by atoms with Crippen molar-refractivity contribution in [1.29, 1.82) is 0 Å². The summed E-state index contributed by atoms with van der Waals surface area (Å²) in [6.07, 6.45) is 4.21. The molecule has 1 aromatic carbocycles. The molecule has 5 nitrogen and oxygen atoms in total. The van der Waals surface area contributed by atoms with Gasteiger partial charge in [-0.1, -0.05) is 19.1 Å². The van der Waals surface area contributed by atoms with Gasteiger partial charge in [0.05, 0.1) is 5.69 Å². The first-order chi connectivity index (χ1) is 12.5. The second-order valence-electron chi connectivity index (χ2n) is 7.00. The van der Waals surface area contributed by atoms with E-state index < -0.39 is 10.8 Å². The number of rotatable bonds is 6. The number of anilines is 1. The Morgan fingerprint density at radius 1 is 1.46 bits per heavy atom. The van der Waals surface area contributed by atoms with Crippen LogP contribution >= 0.6 is 11.3 Å². The van der Waals surface area contributed by atoms with E-state index in [1.807, 2.05) is 17.5 Å². The highest BCUT2D eigenvalue weighted by molar-refractivity contribution is 7.83. The van der Waals surface area contributed by atoms with E-state index in [0.29, 0.717) is 16.4 Å². The molecule has 1 saturated heterocycles. The summed E-state index contributed by atoms with van der Waals surface area (Å²) in [7, 11) is -0.926. The number of carbonyl (C=O) groups is 1. The van der Waals surface area contributed by atoms with Crippen LogP contribution in [0.1, 0.15) is 41.4 Å². The molecule has 2 unspecified atom stereocenters. The SMILES string of the molecule is CC1CCCN(Cc2csc(NC(=O)c3cccc(CS(C)=O)c3)n2)C1. The summed E-state index contributed by atoms with van der Waals surface area (Å²) in [6, 6.07) is 7.27. The fourth-order valence-electron chi connectivity index (χ4n) is 3.30. The van der Waals surface area contributed by atoms with E-state index in [1.165, 1.54) is 24.2 Å². The van der Waals surface area contributed by atoms with Crippen molar-refractivity contribution in [2.24, 2.45) is 5.92 Å². The highest BCUT2D eigenvalue weighted by atomic mass is 32.2. The smallest absolute Gasteiger partial charge is 0.257 e. The van der Waals surface area contributed by atoms with Gasteiger partial charge in [-0.05, 0) is 43.0 Å². The predicted molar refractivity (Wildman–Crippen MR) is 108 cm³/mol. The molecule has 1 fully saturated rings. The van der Waals surface area contributed by atoms with Gasteiger partial charge in [0.2, 0.25) is 0 Å². The molecule has 3 rings (SSSR count). The first kappa shape index (κ1) is 19.2. The third kappa shape index (κ3) is 5.46. The second kappa shape index (κ2) is 8.88. The summed E-state index contributed by atoms with van der Waals surface area (Å²) in [5.41, 5.74) is 2.47. The topological polar surface area (TPSA) is 62.3 Å². The molecular weight excluding hydrogens is 366 g/mol. The molecule has 1 aliphatic rings. The molecule has 0 aliphatic carbocycles. The molecule has 1 aromatic heterocycles. The summed E-state index contributed by atoms with van der Waals surface area (Å²) in [6.45, 7) is 5.37. The number of amides is 1. The number of nitrogens with zero attached hydrogens (tertiary/aromatic N) is 2. The van der Waals surface area contributed by atoms with E-state index in [9.17, 15) is 9.00 Å². The third-order valence-electron chi connectivity index (χ3n) is 4.46. The lowest BCUT2D eigenvalue weighted by molar-refractivity contribution is 0.102. The van der Waals surface area contributed by atoms with Crippen molar-refractivity contribution in [2.45, 2.75) is 32.1 Å². The maximum absolute atomic E-state index is 12.5. The summed E-state index contributed by atoms with van der Waals surface area (Å²) in [4.78, 5) is 19.5. The number of carbonyl (C=O) groups excluding carboxylic acids is 1. The number of piperidine rings is 1. The van der Waals surface area contributed by atoms with Crippen LogP contribution in [0, 0.1) is 5.92 Å². The van der Waals surface area contributed by atoms with Crippen LogP contribution in [0.25, 0.3) is 0 Å². The van der Waals surface area contributed by atoms with Gasteiger partial charge in [-0.25, -0.2) is 4.98 Å². The lowest BCUT2D eigenvalue weighted by atomic mass is 10.0. The lowest BCUT2D eigenvalue weighted by Gasteiger charge is -2.30. The molecule has 0 saturated carbocycles. The van der Waals surface area contributed by atoms with Gasteiger partial charge in [-0.15, -0.1) is 11.3 Å². The van der Waals surface area contributed by atoms with Crippen LogP contribution in [0.5, 0.6) is 0 Å². The molecule has 1 amide bonds. The van der Waals surface area contributed by atoms with Crippen molar-refractivity contribution in [3.63, 3.8) is 0 Å². The minimum Gasteiger partial charge on any atom is -0.298 e. The van der Waals surface area contributed by atoms with Crippen LogP contribution in [-0.2, 0) is 23.1 Å². The van der Waals surface area contributed by atoms with E-state index in [0.717, 1.165) is 36.8 Å². The van der Waals surface area contributed by atoms with Crippen LogP contribution < -0.4 is 5.32 Å². The monoisotopic (exact) mass is 391 g/mol. The number of benzene rings is 1. The Hall–Kier alpha value is -1.57. The Bertz CT molecular complexity index is 791. The lowest BCUT2D eigenvalue weighted by Crippen LogP contribution is -2.33. The van der Waals surface area contributed by atoms with E-state index in [-0.39, 0.29) is 5.91 Å². The van der Waals surface area contributed by atoms with Crippen molar-refractivity contribution in [1.82, 2.24) is 9.88 Å². The first-order valence-electron chi connectivity index (χ1n) is 8.86. The van der Waals surface area contributed by atoms with Crippen LogP contribution in [0.3, 0.4) is 0 Å². The van der Waals surface area contributed by atoms with Gasteiger partial charge < -0.3 is 0 Å². The Kier molecular flexibility index (Phi) is 6.56. The van der Waals surface area contributed by atoms with Gasteiger partial charge in [0.25, 0.3) is 5.91 Å². The Morgan fingerprint density at radius 3 is 3.08 bits per heavy atom. The number of hydrogen-bond donors (Lipinski definition) is 1. The number of likely N-dealkylation sites (tertiary alicyclic amines) is 1. The maximum atomic E-state index is 12.5. The van der Waals surface area contributed by atoms with Crippen LogP contribution in [0.4, 0.5) is 5.13 Å². The second-order valence-corrected chi connectivity index (χ2v) is 9.29. The summed E-state index contributed by atoms with van der Waals surface area (Å²) >= 11 is 1.46. The largest absolute Gasteiger partial charge is 0.298 e. The minimum atomic E-state index is -0.926. The fourth-order valence-corrected chi connectivity index (χ4v) is 4.65. The number of thiazole rings is 1. The van der Waals surface area contributed by atoms with Crippen LogP contribution in [0.15, 0.2) is 29.6 Å². The predicted octanol–water partition coefficient (Wildman–Crippen LogP) is 3.51. The summed E-state index contributed by atoms with van der Waals surface area (Å²) in [5, 5.41) is 5.52. The molecule has 26 heavy (non-hydrogen) atoms. The van der Waals surface area contributed by atoms with Gasteiger partial charge >= 0.3 is 0 Å². The molecule has 140 valence electrons. The molecule has 0 radical (unpaired) electrons. The van der Waals surface area contributed by atoms with Gasteiger partial charge in [0, 0.05) is 46.8 Å². The number of nitrogens with one attached hydrogen (secondary N) is 1. The quantitative estimate of drug-likeness (QED) is 0.819. The van der Waals surface area contributed by atoms with Crippen molar-refractivity contribution >= 4 is 33.2 Å².